The van der Waals surface area contributed by atoms with Crippen molar-refractivity contribution >= 4 is 23.5 Å². The van der Waals surface area contributed by atoms with Crippen molar-refractivity contribution < 1.29 is 24.2 Å². The van der Waals surface area contributed by atoms with E-state index < -0.39 is 17.8 Å². The van der Waals surface area contributed by atoms with E-state index in [0.717, 1.165) is 11.1 Å². The Labute approximate surface area is 159 Å². The Morgan fingerprint density at radius 1 is 1.25 bits per heavy atom. The minimum atomic E-state index is -1.20. The smallest absolute Gasteiger partial charge is 0.354 e. The number of hydrogen-bond acceptors (Lipinski definition) is 6. The van der Waals surface area contributed by atoms with Crippen LogP contribution in [0.2, 0.25) is 0 Å². The summed E-state index contributed by atoms with van der Waals surface area (Å²) >= 11 is 0. The molecule has 0 spiro atoms. The molecule has 1 aliphatic rings. The highest BCUT2D eigenvalue weighted by Gasteiger charge is 2.26. The van der Waals surface area contributed by atoms with Gasteiger partial charge >= 0.3 is 11.9 Å². The molecular weight excluding hydrogens is 364 g/mol. The molecular formula is C19H16N4O5. The maximum Gasteiger partial charge on any atom is 0.354 e. The summed E-state index contributed by atoms with van der Waals surface area (Å²) in [5, 5.41) is 16.2. The summed E-state index contributed by atoms with van der Waals surface area (Å²) in [5.41, 5.74) is 2.50. The zero-order valence-electron chi connectivity index (χ0n) is 14.9. The van der Waals surface area contributed by atoms with Crippen molar-refractivity contribution in [2.75, 3.05) is 7.11 Å². The van der Waals surface area contributed by atoms with Gasteiger partial charge in [0.05, 0.1) is 24.9 Å². The Bertz CT molecular complexity index is 1120. The van der Waals surface area contributed by atoms with Crippen LogP contribution in [-0.4, -0.2) is 44.7 Å². The van der Waals surface area contributed by atoms with E-state index in [1.807, 2.05) is 0 Å². The highest BCUT2D eigenvalue weighted by molar-refractivity contribution is 5.96. The third-order valence-corrected chi connectivity index (χ3v) is 4.76. The number of nitrogens with one attached hydrogen (secondary N) is 1. The van der Waals surface area contributed by atoms with Crippen LogP contribution in [0.25, 0.3) is 5.65 Å². The fourth-order valence-corrected chi connectivity index (χ4v) is 3.43. The van der Waals surface area contributed by atoms with Gasteiger partial charge in [-0.3, -0.25) is 4.79 Å². The van der Waals surface area contributed by atoms with Crippen LogP contribution in [0.5, 0.6) is 0 Å². The van der Waals surface area contributed by atoms with Crippen molar-refractivity contribution in [2.45, 2.75) is 18.9 Å². The van der Waals surface area contributed by atoms with Crippen LogP contribution in [0.1, 0.15) is 54.9 Å². The van der Waals surface area contributed by atoms with Crippen LogP contribution in [-0.2, 0) is 11.2 Å². The van der Waals surface area contributed by atoms with Crippen molar-refractivity contribution in [1.29, 1.82) is 0 Å². The van der Waals surface area contributed by atoms with Crippen molar-refractivity contribution in [3.63, 3.8) is 0 Å². The molecule has 1 amide bonds. The third kappa shape index (κ3) is 2.96. The fraction of sp³-hybridized carbons (Fsp3) is 0.211. The van der Waals surface area contributed by atoms with Gasteiger partial charge in [-0.05, 0) is 36.1 Å². The standard InChI is InChI=1S/C19H16N4O5/c1-28-19(27)11-2-4-12-10(8-11)3-5-13(12)22-17(24)14-9-15(18(25)26)23-16(21-14)6-7-20-23/h2,4,6-9,13H,3,5H2,1H3,(H,22,24)(H,25,26)/t13-/m0/s1. The lowest BCUT2D eigenvalue weighted by molar-refractivity contribution is 0.0599. The number of carboxylic acid groups (broad SMARTS) is 1. The Kier molecular flexibility index (Phi) is 4.26. The number of aromatic nitrogens is 3. The molecule has 1 aliphatic carbocycles. The van der Waals surface area contributed by atoms with Crippen LogP contribution >= 0.6 is 0 Å². The Morgan fingerprint density at radius 3 is 2.82 bits per heavy atom. The second-order valence-electron chi connectivity index (χ2n) is 6.40. The molecule has 9 nitrogen and oxygen atoms in total. The van der Waals surface area contributed by atoms with Gasteiger partial charge in [0.2, 0.25) is 0 Å². The van der Waals surface area contributed by atoms with Gasteiger partial charge in [-0.1, -0.05) is 6.07 Å². The normalized spacial score (nSPS) is 15.2. The van der Waals surface area contributed by atoms with Crippen LogP contribution in [0, 0.1) is 0 Å². The number of ether oxygens (including phenoxy) is 1. The molecule has 1 aromatic carbocycles. The molecule has 0 bridgehead atoms. The molecule has 0 radical (unpaired) electrons. The van der Waals surface area contributed by atoms with E-state index in [0.29, 0.717) is 18.4 Å². The minimum Gasteiger partial charge on any atom is -0.477 e. The number of amides is 1. The average Bonchev–Trinajstić information content (AvgIpc) is 3.32. The zero-order valence-corrected chi connectivity index (χ0v) is 14.9. The van der Waals surface area contributed by atoms with Gasteiger partial charge in [-0.25, -0.2) is 19.1 Å². The van der Waals surface area contributed by atoms with E-state index in [-0.39, 0.29) is 23.1 Å². The van der Waals surface area contributed by atoms with E-state index in [1.54, 1.807) is 18.2 Å². The molecule has 28 heavy (non-hydrogen) atoms. The lowest BCUT2D eigenvalue weighted by Crippen LogP contribution is -2.28. The summed E-state index contributed by atoms with van der Waals surface area (Å²) in [5.74, 6) is -2.08. The van der Waals surface area contributed by atoms with E-state index in [4.69, 9.17) is 4.74 Å². The van der Waals surface area contributed by atoms with Crippen molar-refractivity contribution in [2.24, 2.45) is 0 Å². The Balaban J connectivity index is 1.60. The number of aromatic carboxylic acids is 1. The van der Waals surface area contributed by atoms with Crippen molar-refractivity contribution in [3.05, 3.63) is 64.6 Å². The fourth-order valence-electron chi connectivity index (χ4n) is 3.43. The average molecular weight is 380 g/mol. The maximum atomic E-state index is 12.7. The van der Waals surface area contributed by atoms with Gasteiger partial charge in [-0.15, -0.1) is 0 Å². The topological polar surface area (TPSA) is 123 Å². The molecule has 142 valence electrons. The molecule has 9 heteroatoms. The van der Waals surface area contributed by atoms with Crippen molar-refractivity contribution in [1.82, 2.24) is 19.9 Å². The van der Waals surface area contributed by atoms with E-state index >= 15 is 0 Å². The Morgan fingerprint density at radius 2 is 2.07 bits per heavy atom. The van der Waals surface area contributed by atoms with Gasteiger partial charge < -0.3 is 15.2 Å². The molecule has 3 aromatic rings. The van der Waals surface area contributed by atoms with Gasteiger partial charge in [0.25, 0.3) is 5.91 Å². The second kappa shape index (κ2) is 6.76. The van der Waals surface area contributed by atoms with Gasteiger partial charge in [0.15, 0.2) is 11.3 Å². The molecule has 0 saturated heterocycles. The molecule has 1 atom stereocenters. The van der Waals surface area contributed by atoms with Crippen LogP contribution in [0.3, 0.4) is 0 Å². The zero-order chi connectivity index (χ0) is 19.8. The summed E-state index contributed by atoms with van der Waals surface area (Å²) in [6.07, 6.45) is 2.80. The van der Waals surface area contributed by atoms with Crippen LogP contribution < -0.4 is 5.32 Å². The van der Waals surface area contributed by atoms with Crippen LogP contribution in [0.4, 0.5) is 0 Å². The van der Waals surface area contributed by atoms with Gasteiger partial charge in [0, 0.05) is 12.1 Å². The minimum absolute atomic E-state index is 0.00466. The van der Waals surface area contributed by atoms with E-state index in [9.17, 15) is 19.5 Å². The Hall–Kier alpha value is -3.75. The monoisotopic (exact) mass is 380 g/mol. The number of carboxylic acids is 1. The molecule has 0 unspecified atom stereocenters. The molecule has 0 aliphatic heterocycles. The quantitative estimate of drug-likeness (QED) is 0.660. The SMILES string of the molecule is COC(=O)c1ccc2c(c1)CC[C@@H]2NC(=O)c1cc(C(=O)O)n2nccc2n1. The molecule has 0 saturated carbocycles. The first-order valence-electron chi connectivity index (χ1n) is 8.58. The first-order valence-corrected chi connectivity index (χ1v) is 8.58. The number of methoxy groups -OCH3 is 1. The summed E-state index contributed by atoms with van der Waals surface area (Å²) in [6.45, 7) is 0. The number of nitrogens with zero attached hydrogens (tertiary/aromatic N) is 3. The summed E-state index contributed by atoms with van der Waals surface area (Å²) in [7, 11) is 1.33. The highest BCUT2D eigenvalue weighted by Crippen LogP contribution is 2.32. The molecule has 2 N–H and O–H groups in total. The number of benzene rings is 1. The number of carbonyl (C=O) groups excluding carboxylic acids is 2. The second-order valence-corrected chi connectivity index (χ2v) is 6.40. The number of aryl methyl sites for hydroxylation is 1. The highest BCUT2D eigenvalue weighted by atomic mass is 16.5. The molecule has 4 rings (SSSR count). The summed E-state index contributed by atoms with van der Waals surface area (Å²) < 4.78 is 5.90. The van der Waals surface area contributed by atoms with Crippen molar-refractivity contribution in [3.8, 4) is 0 Å². The number of rotatable bonds is 4. The lowest BCUT2D eigenvalue weighted by Gasteiger charge is -2.14. The number of esters is 1. The van der Waals surface area contributed by atoms with Crippen LogP contribution in [0.15, 0.2) is 36.5 Å². The molecule has 2 heterocycles. The van der Waals surface area contributed by atoms with E-state index in [1.165, 1.54) is 30.0 Å². The largest absolute Gasteiger partial charge is 0.477 e. The van der Waals surface area contributed by atoms with Gasteiger partial charge in [-0.2, -0.15) is 5.10 Å². The van der Waals surface area contributed by atoms with Gasteiger partial charge in [0.1, 0.15) is 5.69 Å². The predicted octanol–water partition coefficient (Wildman–Crippen LogP) is 1.63. The third-order valence-electron chi connectivity index (χ3n) is 4.76. The number of hydrogen-bond donors (Lipinski definition) is 2. The first kappa shape index (κ1) is 17.7. The lowest BCUT2D eigenvalue weighted by atomic mass is 10.0. The summed E-state index contributed by atoms with van der Waals surface area (Å²) in [4.78, 5) is 40.0. The summed E-state index contributed by atoms with van der Waals surface area (Å²) in [6, 6.07) is 7.72. The number of fused-ring (bicyclic) bond motifs is 2. The maximum absolute atomic E-state index is 12.7. The molecule has 0 fully saturated rings. The van der Waals surface area contributed by atoms with E-state index in [2.05, 4.69) is 15.4 Å². The molecule has 2 aromatic heterocycles. The number of carbonyl (C=O) groups is 3. The predicted molar refractivity (Wildman–Crippen MR) is 96.3 cm³/mol. The first-order chi connectivity index (χ1) is 13.5.